The lowest BCUT2D eigenvalue weighted by Gasteiger charge is -2.36. The fourth-order valence-electron chi connectivity index (χ4n) is 3.20. The van der Waals surface area contributed by atoms with Crippen LogP contribution in [0.5, 0.6) is 5.75 Å². The first-order valence-electron chi connectivity index (χ1n) is 8.43. The highest BCUT2D eigenvalue weighted by Crippen LogP contribution is 2.25. The predicted octanol–water partition coefficient (Wildman–Crippen LogP) is 2.87. The molecular formula is C19H21N3O4. The van der Waals surface area contributed by atoms with Crippen LogP contribution in [0.1, 0.15) is 15.9 Å². The number of ether oxygens (including phenoxy) is 1. The Labute approximate surface area is 151 Å². The molecule has 0 aromatic heterocycles. The summed E-state index contributed by atoms with van der Waals surface area (Å²) in [5.41, 5.74) is 1.85. The van der Waals surface area contributed by atoms with Crippen LogP contribution in [0.4, 0.5) is 11.4 Å². The van der Waals surface area contributed by atoms with Gasteiger partial charge in [-0.15, -0.1) is 0 Å². The fourth-order valence-corrected chi connectivity index (χ4v) is 3.20. The zero-order valence-corrected chi connectivity index (χ0v) is 14.8. The van der Waals surface area contributed by atoms with Crippen molar-refractivity contribution in [2.45, 2.75) is 6.92 Å². The Kier molecular flexibility index (Phi) is 5.06. The summed E-state index contributed by atoms with van der Waals surface area (Å²) in [6.45, 7) is 4.16. The Morgan fingerprint density at radius 1 is 1.12 bits per heavy atom. The summed E-state index contributed by atoms with van der Waals surface area (Å²) in [6.07, 6.45) is 0. The number of piperazine rings is 1. The number of carbonyl (C=O) groups excluding carboxylic acids is 1. The molecule has 3 rings (SSSR count). The van der Waals surface area contributed by atoms with Crippen LogP contribution in [-0.2, 0) is 0 Å². The molecule has 2 aromatic rings. The van der Waals surface area contributed by atoms with Crippen molar-refractivity contribution < 1.29 is 14.5 Å². The third-order valence-electron chi connectivity index (χ3n) is 4.72. The van der Waals surface area contributed by atoms with E-state index in [1.54, 1.807) is 31.1 Å². The molecule has 1 aliphatic heterocycles. The second-order valence-electron chi connectivity index (χ2n) is 6.19. The van der Waals surface area contributed by atoms with Crippen LogP contribution in [-0.4, -0.2) is 49.0 Å². The van der Waals surface area contributed by atoms with Gasteiger partial charge >= 0.3 is 0 Å². The maximum absolute atomic E-state index is 12.8. The van der Waals surface area contributed by atoms with Crippen molar-refractivity contribution in [3.8, 4) is 5.75 Å². The number of methoxy groups -OCH3 is 1. The largest absolute Gasteiger partial charge is 0.497 e. The summed E-state index contributed by atoms with van der Waals surface area (Å²) < 4.78 is 5.26. The molecule has 1 amide bonds. The van der Waals surface area contributed by atoms with Crippen LogP contribution in [0, 0.1) is 17.0 Å². The highest BCUT2D eigenvalue weighted by atomic mass is 16.6. The monoisotopic (exact) mass is 355 g/mol. The molecule has 0 atom stereocenters. The van der Waals surface area contributed by atoms with Gasteiger partial charge in [0.2, 0.25) is 0 Å². The minimum absolute atomic E-state index is 0.0223. The molecule has 0 aliphatic carbocycles. The van der Waals surface area contributed by atoms with Gasteiger partial charge in [-0.3, -0.25) is 14.9 Å². The normalized spacial score (nSPS) is 14.2. The van der Waals surface area contributed by atoms with Crippen LogP contribution in [0.15, 0.2) is 42.5 Å². The minimum Gasteiger partial charge on any atom is -0.497 e. The molecule has 1 heterocycles. The molecule has 136 valence electrons. The van der Waals surface area contributed by atoms with Gasteiger partial charge in [-0.1, -0.05) is 12.1 Å². The summed E-state index contributed by atoms with van der Waals surface area (Å²) in [5, 5.41) is 11.1. The van der Waals surface area contributed by atoms with E-state index in [1.165, 1.54) is 6.07 Å². The number of carbonyl (C=O) groups is 1. The van der Waals surface area contributed by atoms with Crippen LogP contribution >= 0.6 is 0 Å². The first-order chi connectivity index (χ1) is 12.5. The molecule has 1 fully saturated rings. The van der Waals surface area contributed by atoms with Crippen molar-refractivity contribution in [2.75, 3.05) is 38.2 Å². The van der Waals surface area contributed by atoms with Gasteiger partial charge in [-0.2, -0.15) is 0 Å². The molecule has 0 bridgehead atoms. The van der Waals surface area contributed by atoms with E-state index in [2.05, 4.69) is 4.90 Å². The van der Waals surface area contributed by atoms with E-state index in [9.17, 15) is 14.9 Å². The van der Waals surface area contributed by atoms with E-state index >= 15 is 0 Å². The summed E-state index contributed by atoms with van der Waals surface area (Å²) >= 11 is 0. The zero-order chi connectivity index (χ0) is 18.7. The predicted molar refractivity (Wildman–Crippen MR) is 98.9 cm³/mol. The van der Waals surface area contributed by atoms with Crippen molar-refractivity contribution in [1.82, 2.24) is 4.90 Å². The molecule has 7 nitrogen and oxygen atoms in total. The number of rotatable bonds is 4. The highest BCUT2D eigenvalue weighted by molar-refractivity contribution is 5.96. The molecule has 0 saturated carbocycles. The topological polar surface area (TPSA) is 75.9 Å². The lowest BCUT2D eigenvalue weighted by Crippen LogP contribution is -2.49. The molecule has 1 saturated heterocycles. The summed E-state index contributed by atoms with van der Waals surface area (Å²) in [7, 11) is 1.64. The number of hydrogen-bond acceptors (Lipinski definition) is 5. The van der Waals surface area contributed by atoms with Crippen LogP contribution in [0.25, 0.3) is 0 Å². The van der Waals surface area contributed by atoms with E-state index in [0.29, 0.717) is 37.3 Å². The molecule has 0 radical (unpaired) electrons. The number of amides is 1. The van der Waals surface area contributed by atoms with Crippen LogP contribution < -0.4 is 9.64 Å². The Hall–Kier alpha value is -3.09. The Bertz CT molecular complexity index is 829. The van der Waals surface area contributed by atoms with Gasteiger partial charge < -0.3 is 14.5 Å². The fraction of sp³-hybridized carbons (Fsp3) is 0.316. The standard InChI is InChI=1S/C19H21N3O4/c1-14-17(7-4-8-18(14)22(24)25)19(23)21-11-9-20(10-12-21)15-5-3-6-16(13-15)26-2/h3-8,13H,9-12H2,1-2H3. The van der Waals surface area contributed by atoms with Crippen LogP contribution in [0.3, 0.4) is 0 Å². The van der Waals surface area contributed by atoms with Gasteiger partial charge in [0.15, 0.2) is 0 Å². The molecule has 0 N–H and O–H groups in total. The van der Waals surface area contributed by atoms with E-state index in [0.717, 1.165) is 11.4 Å². The molecule has 0 spiro atoms. The van der Waals surface area contributed by atoms with Crippen molar-refractivity contribution in [1.29, 1.82) is 0 Å². The molecule has 26 heavy (non-hydrogen) atoms. The van der Waals surface area contributed by atoms with E-state index in [-0.39, 0.29) is 11.6 Å². The molecule has 1 aliphatic rings. The highest BCUT2D eigenvalue weighted by Gasteiger charge is 2.25. The SMILES string of the molecule is COc1cccc(N2CCN(C(=O)c3cccc([N+](=O)[O-])c3C)CC2)c1. The maximum atomic E-state index is 12.8. The molecule has 7 heteroatoms. The van der Waals surface area contributed by atoms with Gasteiger partial charge in [0.05, 0.1) is 12.0 Å². The average molecular weight is 355 g/mol. The smallest absolute Gasteiger partial charge is 0.273 e. The van der Waals surface area contributed by atoms with E-state index in [1.807, 2.05) is 24.3 Å². The summed E-state index contributed by atoms with van der Waals surface area (Å²) in [5.74, 6) is 0.643. The van der Waals surface area contributed by atoms with Crippen molar-refractivity contribution in [3.05, 3.63) is 63.7 Å². The third kappa shape index (κ3) is 3.46. The van der Waals surface area contributed by atoms with Gasteiger partial charge in [-0.25, -0.2) is 0 Å². The Balaban J connectivity index is 1.71. The van der Waals surface area contributed by atoms with Gasteiger partial charge in [0.1, 0.15) is 5.75 Å². The number of hydrogen-bond donors (Lipinski definition) is 0. The third-order valence-corrected chi connectivity index (χ3v) is 4.72. The van der Waals surface area contributed by atoms with Gasteiger partial charge in [0.25, 0.3) is 11.6 Å². The molecular weight excluding hydrogens is 334 g/mol. The van der Waals surface area contributed by atoms with E-state index in [4.69, 9.17) is 4.74 Å². The number of anilines is 1. The lowest BCUT2D eigenvalue weighted by atomic mass is 10.1. The number of nitrogens with zero attached hydrogens (tertiary/aromatic N) is 3. The maximum Gasteiger partial charge on any atom is 0.273 e. The number of benzene rings is 2. The second-order valence-corrected chi connectivity index (χ2v) is 6.19. The van der Waals surface area contributed by atoms with Gasteiger partial charge in [0, 0.05) is 55.1 Å². The lowest BCUT2D eigenvalue weighted by molar-refractivity contribution is -0.385. The first kappa shape index (κ1) is 17.7. The van der Waals surface area contributed by atoms with E-state index < -0.39 is 4.92 Å². The van der Waals surface area contributed by atoms with Crippen molar-refractivity contribution >= 4 is 17.3 Å². The van der Waals surface area contributed by atoms with Gasteiger partial charge in [-0.05, 0) is 25.1 Å². The molecule has 2 aromatic carbocycles. The summed E-state index contributed by atoms with van der Waals surface area (Å²) in [4.78, 5) is 27.4. The number of nitro groups is 1. The quantitative estimate of drug-likeness (QED) is 0.623. The summed E-state index contributed by atoms with van der Waals surface area (Å²) in [6, 6.07) is 12.5. The average Bonchev–Trinajstić information content (AvgIpc) is 2.67. The first-order valence-corrected chi connectivity index (χ1v) is 8.43. The number of nitro benzene ring substituents is 1. The Morgan fingerprint density at radius 3 is 2.46 bits per heavy atom. The minimum atomic E-state index is -0.452. The van der Waals surface area contributed by atoms with Crippen molar-refractivity contribution in [3.63, 3.8) is 0 Å². The zero-order valence-electron chi connectivity index (χ0n) is 14.8. The second kappa shape index (κ2) is 7.43. The van der Waals surface area contributed by atoms with Crippen LogP contribution in [0.2, 0.25) is 0 Å². The van der Waals surface area contributed by atoms with Crippen molar-refractivity contribution in [2.24, 2.45) is 0 Å². The Morgan fingerprint density at radius 2 is 1.81 bits per heavy atom. The molecule has 0 unspecified atom stereocenters.